The first-order valence-corrected chi connectivity index (χ1v) is 12.8. The molecule has 4 rings (SSSR count). The number of aromatic amines is 1. The molecule has 1 amide bonds. The number of hydrogen-bond acceptors (Lipinski definition) is 5. The summed E-state index contributed by atoms with van der Waals surface area (Å²) in [6.07, 6.45) is -3.01. The summed E-state index contributed by atoms with van der Waals surface area (Å²) < 4.78 is 67.5. The van der Waals surface area contributed by atoms with Crippen LogP contribution < -0.4 is 15.4 Å². The summed E-state index contributed by atoms with van der Waals surface area (Å²) >= 11 is 0. The molecule has 37 heavy (non-hydrogen) atoms. The third-order valence-corrected chi connectivity index (χ3v) is 6.97. The SMILES string of the molecule is CNCCCc1ccc2[nH]c(NC(=O)c3cccc(NS(=O)(=O)c4ccccc4C(F)(F)F)c3)nc2c1. The summed E-state index contributed by atoms with van der Waals surface area (Å²) in [6, 6.07) is 15.1. The number of H-pyrrole nitrogens is 1. The van der Waals surface area contributed by atoms with Crippen LogP contribution in [0.25, 0.3) is 11.0 Å². The number of sulfonamides is 1. The van der Waals surface area contributed by atoms with E-state index in [0.717, 1.165) is 42.6 Å². The number of amides is 1. The second-order valence-electron chi connectivity index (χ2n) is 8.28. The highest BCUT2D eigenvalue weighted by Gasteiger charge is 2.36. The van der Waals surface area contributed by atoms with Gasteiger partial charge in [-0.3, -0.25) is 14.8 Å². The van der Waals surface area contributed by atoms with E-state index >= 15 is 0 Å². The van der Waals surface area contributed by atoms with Crippen LogP contribution >= 0.6 is 0 Å². The van der Waals surface area contributed by atoms with E-state index in [-0.39, 0.29) is 17.2 Å². The molecule has 8 nitrogen and oxygen atoms in total. The highest BCUT2D eigenvalue weighted by atomic mass is 32.2. The summed E-state index contributed by atoms with van der Waals surface area (Å²) in [4.78, 5) is 19.3. The van der Waals surface area contributed by atoms with Crippen LogP contribution in [0.4, 0.5) is 24.8 Å². The van der Waals surface area contributed by atoms with E-state index < -0.39 is 32.6 Å². The van der Waals surface area contributed by atoms with Crippen LogP contribution in [0.3, 0.4) is 0 Å². The van der Waals surface area contributed by atoms with Crippen LogP contribution in [-0.2, 0) is 22.6 Å². The third-order valence-electron chi connectivity index (χ3n) is 5.53. The predicted molar refractivity (Wildman–Crippen MR) is 135 cm³/mol. The van der Waals surface area contributed by atoms with Crippen molar-refractivity contribution in [3.05, 3.63) is 83.4 Å². The molecule has 0 aliphatic carbocycles. The molecule has 1 aromatic heterocycles. The van der Waals surface area contributed by atoms with E-state index in [4.69, 9.17) is 0 Å². The molecule has 0 bridgehead atoms. The Morgan fingerprint density at radius 1 is 1.03 bits per heavy atom. The molecule has 0 saturated carbocycles. The Hall–Kier alpha value is -3.90. The Balaban J connectivity index is 1.50. The van der Waals surface area contributed by atoms with E-state index in [1.165, 1.54) is 30.3 Å². The second-order valence-corrected chi connectivity index (χ2v) is 9.93. The number of alkyl halides is 3. The zero-order valence-electron chi connectivity index (χ0n) is 19.7. The Kier molecular flexibility index (Phi) is 7.50. The fourth-order valence-corrected chi connectivity index (χ4v) is 5.06. The number of nitrogens with one attached hydrogen (secondary N) is 4. The summed E-state index contributed by atoms with van der Waals surface area (Å²) in [5.74, 6) is -0.373. The van der Waals surface area contributed by atoms with E-state index in [2.05, 4.69) is 25.3 Å². The molecule has 0 saturated heterocycles. The van der Waals surface area contributed by atoms with Crippen LogP contribution in [0.15, 0.2) is 71.6 Å². The van der Waals surface area contributed by atoms with Gasteiger partial charge in [0.05, 0.1) is 21.5 Å². The highest BCUT2D eigenvalue weighted by Crippen LogP contribution is 2.34. The smallest absolute Gasteiger partial charge is 0.324 e. The predicted octanol–water partition coefficient (Wildman–Crippen LogP) is 4.79. The van der Waals surface area contributed by atoms with Gasteiger partial charge in [-0.1, -0.05) is 24.3 Å². The van der Waals surface area contributed by atoms with Crippen LogP contribution in [0.5, 0.6) is 0 Å². The van der Waals surface area contributed by atoms with Gasteiger partial charge in [-0.05, 0) is 74.5 Å². The fourth-order valence-electron chi connectivity index (χ4n) is 3.78. The lowest BCUT2D eigenvalue weighted by Gasteiger charge is -2.14. The largest absolute Gasteiger partial charge is 0.417 e. The van der Waals surface area contributed by atoms with E-state index in [1.807, 2.05) is 25.2 Å². The van der Waals surface area contributed by atoms with Crippen molar-refractivity contribution in [2.45, 2.75) is 23.9 Å². The Morgan fingerprint density at radius 3 is 2.57 bits per heavy atom. The maximum Gasteiger partial charge on any atom is 0.417 e. The van der Waals surface area contributed by atoms with Crippen LogP contribution in [0.2, 0.25) is 0 Å². The normalized spacial score (nSPS) is 12.0. The van der Waals surface area contributed by atoms with Gasteiger partial charge in [-0.2, -0.15) is 13.2 Å². The first-order chi connectivity index (χ1) is 17.6. The molecule has 0 aliphatic heterocycles. The summed E-state index contributed by atoms with van der Waals surface area (Å²) in [6.45, 7) is 0.893. The standard InChI is InChI=1S/C25H24F3N5O3S/c1-29-13-5-6-16-11-12-20-21(14-16)31-24(30-20)32-23(34)17-7-4-8-18(15-17)33-37(35,36)22-10-3-2-9-19(22)25(26,27)28/h2-4,7-12,14-15,29,33H,5-6,13H2,1H3,(H2,30,31,32,34). The van der Waals surface area contributed by atoms with Crippen LogP contribution in [-0.4, -0.2) is 37.9 Å². The number of rotatable bonds is 9. The molecule has 4 N–H and O–H groups in total. The molecule has 12 heteroatoms. The van der Waals surface area contributed by atoms with Gasteiger partial charge in [0, 0.05) is 11.3 Å². The van der Waals surface area contributed by atoms with Crippen molar-refractivity contribution in [1.82, 2.24) is 15.3 Å². The topological polar surface area (TPSA) is 116 Å². The lowest BCUT2D eigenvalue weighted by atomic mass is 10.1. The first kappa shape index (κ1) is 26.2. The van der Waals surface area contributed by atoms with Gasteiger partial charge in [-0.25, -0.2) is 13.4 Å². The molecule has 4 aromatic rings. The number of anilines is 2. The summed E-state index contributed by atoms with van der Waals surface area (Å²) in [5, 5.41) is 5.73. The van der Waals surface area contributed by atoms with Crippen LogP contribution in [0, 0.1) is 0 Å². The number of halogens is 3. The van der Waals surface area contributed by atoms with Crippen molar-refractivity contribution >= 4 is 38.6 Å². The molecule has 194 valence electrons. The maximum absolute atomic E-state index is 13.3. The number of hydrogen-bond donors (Lipinski definition) is 4. The van der Waals surface area contributed by atoms with E-state index in [9.17, 15) is 26.4 Å². The number of carbonyl (C=O) groups excluding carboxylic acids is 1. The molecule has 0 unspecified atom stereocenters. The second kappa shape index (κ2) is 10.6. The van der Waals surface area contributed by atoms with Gasteiger partial charge in [0.25, 0.3) is 15.9 Å². The Bertz CT molecular complexity index is 1530. The number of benzene rings is 3. The monoisotopic (exact) mass is 531 g/mol. The van der Waals surface area contributed by atoms with Crippen molar-refractivity contribution in [2.75, 3.05) is 23.6 Å². The number of aryl methyl sites for hydroxylation is 1. The van der Waals surface area contributed by atoms with E-state index in [0.29, 0.717) is 11.6 Å². The third kappa shape index (κ3) is 6.27. The molecule has 0 aliphatic rings. The van der Waals surface area contributed by atoms with Crippen molar-refractivity contribution in [2.24, 2.45) is 0 Å². The molecule has 3 aromatic carbocycles. The Labute approximate surface area is 211 Å². The van der Waals surface area contributed by atoms with Gasteiger partial charge >= 0.3 is 6.18 Å². The number of imidazole rings is 1. The molecule has 0 radical (unpaired) electrons. The zero-order chi connectivity index (χ0) is 26.6. The number of carbonyl (C=O) groups is 1. The highest BCUT2D eigenvalue weighted by molar-refractivity contribution is 7.92. The molecular formula is C25H24F3N5O3S. The zero-order valence-corrected chi connectivity index (χ0v) is 20.5. The minimum absolute atomic E-state index is 0.0690. The van der Waals surface area contributed by atoms with Crippen LogP contribution in [0.1, 0.15) is 27.9 Å². The molecule has 0 fully saturated rings. The van der Waals surface area contributed by atoms with Crippen molar-refractivity contribution in [3.63, 3.8) is 0 Å². The molecule has 0 spiro atoms. The first-order valence-electron chi connectivity index (χ1n) is 11.3. The number of nitrogens with zero attached hydrogens (tertiary/aromatic N) is 1. The minimum Gasteiger partial charge on any atom is -0.324 e. The van der Waals surface area contributed by atoms with Crippen molar-refractivity contribution in [1.29, 1.82) is 0 Å². The van der Waals surface area contributed by atoms with Gasteiger partial charge in [0.1, 0.15) is 0 Å². The maximum atomic E-state index is 13.3. The number of aromatic nitrogens is 2. The van der Waals surface area contributed by atoms with Crippen molar-refractivity contribution in [3.8, 4) is 0 Å². The fraction of sp³-hybridized carbons (Fsp3) is 0.200. The van der Waals surface area contributed by atoms with E-state index in [1.54, 1.807) is 0 Å². The lowest BCUT2D eigenvalue weighted by molar-refractivity contribution is -0.139. The molecule has 0 atom stereocenters. The van der Waals surface area contributed by atoms with Gasteiger partial charge in [-0.15, -0.1) is 0 Å². The minimum atomic E-state index is -4.85. The van der Waals surface area contributed by atoms with Crippen molar-refractivity contribution < 1.29 is 26.4 Å². The average Bonchev–Trinajstić information content (AvgIpc) is 3.25. The molecule has 1 heterocycles. The lowest BCUT2D eigenvalue weighted by Crippen LogP contribution is -2.19. The number of fused-ring (bicyclic) bond motifs is 1. The average molecular weight is 532 g/mol. The summed E-state index contributed by atoms with van der Waals surface area (Å²) in [5.41, 5.74) is 1.25. The van der Waals surface area contributed by atoms with Gasteiger partial charge < -0.3 is 10.3 Å². The summed E-state index contributed by atoms with van der Waals surface area (Å²) in [7, 11) is -2.69. The Morgan fingerprint density at radius 2 is 1.81 bits per heavy atom. The van der Waals surface area contributed by atoms with Gasteiger partial charge in [0.2, 0.25) is 5.95 Å². The quantitative estimate of drug-likeness (QED) is 0.232. The molecular weight excluding hydrogens is 507 g/mol. The van der Waals surface area contributed by atoms with Gasteiger partial charge in [0.15, 0.2) is 0 Å².